The third-order valence-electron chi connectivity index (χ3n) is 5.45. The highest BCUT2D eigenvalue weighted by Gasteiger charge is 2.41. The molecule has 5 rings (SSSR count). The average molecular weight is 440 g/mol. The van der Waals surface area contributed by atoms with E-state index in [4.69, 9.17) is 9.47 Å². The second kappa shape index (κ2) is 7.15. The van der Waals surface area contributed by atoms with Crippen LogP contribution in [0.3, 0.4) is 0 Å². The van der Waals surface area contributed by atoms with Crippen LogP contribution in [0, 0.1) is 6.92 Å². The number of methoxy groups -OCH3 is 1. The minimum Gasteiger partial charge on any atom is -0.375 e. The molecule has 0 spiro atoms. The monoisotopic (exact) mass is 440 g/mol. The quantitative estimate of drug-likeness (QED) is 0.471. The molecule has 160 valence electrons. The second-order valence-corrected chi connectivity index (χ2v) is 9.04. The van der Waals surface area contributed by atoms with Gasteiger partial charge in [0.15, 0.2) is 5.82 Å². The number of H-pyrrole nitrogens is 1. The Hall–Kier alpha value is -3.28. The minimum absolute atomic E-state index is 0.0197. The number of ether oxygens (including phenoxy) is 2. The number of sulfonamides is 1. The van der Waals surface area contributed by atoms with E-state index >= 15 is 0 Å². The standard InChI is InChI=1S/C20H20N6O4S/c1-13-19-16(24-23-13)4-3-5-17(19)25-31(27,28)15-9-22-26(10-15)18-8-14(6-7-21-18)20(29-2)11-30-12-20/h3-10,25H,11-12H2,1-2H3,(H,23,24). The molecule has 1 aliphatic rings. The summed E-state index contributed by atoms with van der Waals surface area (Å²) in [4.78, 5) is 4.34. The Balaban J connectivity index is 1.46. The van der Waals surface area contributed by atoms with E-state index < -0.39 is 15.6 Å². The molecule has 0 amide bonds. The van der Waals surface area contributed by atoms with Crippen molar-refractivity contribution in [2.75, 3.05) is 25.0 Å². The third kappa shape index (κ3) is 3.26. The predicted molar refractivity (Wildman–Crippen MR) is 113 cm³/mol. The zero-order valence-corrected chi connectivity index (χ0v) is 17.7. The predicted octanol–water partition coefficient (Wildman–Crippen LogP) is 2.12. The van der Waals surface area contributed by atoms with Crippen molar-refractivity contribution in [3.05, 3.63) is 60.2 Å². The molecule has 0 bridgehead atoms. The van der Waals surface area contributed by atoms with E-state index in [1.165, 1.54) is 17.1 Å². The van der Waals surface area contributed by atoms with Gasteiger partial charge in [-0.1, -0.05) is 6.07 Å². The topological polar surface area (TPSA) is 124 Å². The van der Waals surface area contributed by atoms with Gasteiger partial charge in [-0.2, -0.15) is 10.2 Å². The fourth-order valence-corrected chi connectivity index (χ4v) is 4.61. The molecule has 0 unspecified atom stereocenters. The molecular weight excluding hydrogens is 420 g/mol. The second-order valence-electron chi connectivity index (χ2n) is 7.36. The van der Waals surface area contributed by atoms with Crippen molar-refractivity contribution < 1.29 is 17.9 Å². The first-order valence-corrected chi connectivity index (χ1v) is 11.0. The maximum atomic E-state index is 13.0. The van der Waals surface area contributed by atoms with E-state index in [0.717, 1.165) is 16.5 Å². The first-order valence-electron chi connectivity index (χ1n) is 9.53. The van der Waals surface area contributed by atoms with Crippen molar-refractivity contribution in [3.63, 3.8) is 0 Å². The fourth-order valence-electron chi connectivity index (χ4n) is 3.61. The van der Waals surface area contributed by atoms with E-state index in [9.17, 15) is 8.42 Å². The Morgan fingerprint density at radius 2 is 2.13 bits per heavy atom. The Morgan fingerprint density at radius 1 is 1.29 bits per heavy atom. The maximum Gasteiger partial charge on any atom is 0.265 e. The molecule has 2 N–H and O–H groups in total. The highest BCUT2D eigenvalue weighted by molar-refractivity contribution is 7.92. The van der Waals surface area contributed by atoms with Crippen molar-refractivity contribution in [2.24, 2.45) is 0 Å². The molecule has 1 saturated heterocycles. The lowest BCUT2D eigenvalue weighted by Crippen LogP contribution is -2.48. The molecule has 4 aromatic rings. The van der Waals surface area contributed by atoms with Gasteiger partial charge in [0.05, 0.1) is 42.5 Å². The Bertz CT molecular complexity index is 1370. The van der Waals surface area contributed by atoms with Crippen molar-refractivity contribution in [2.45, 2.75) is 17.4 Å². The molecule has 1 fully saturated rings. The van der Waals surface area contributed by atoms with Gasteiger partial charge in [-0.15, -0.1) is 0 Å². The van der Waals surface area contributed by atoms with E-state index in [1.54, 1.807) is 25.4 Å². The number of hydrogen-bond donors (Lipinski definition) is 2. The van der Waals surface area contributed by atoms with Gasteiger partial charge in [0.2, 0.25) is 0 Å². The third-order valence-corrected chi connectivity index (χ3v) is 6.77. The van der Waals surface area contributed by atoms with Crippen LogP contribution < -0.4 is 4.72 Å². The van der Waals surface area contributed by atoms with Crippen LogP contribution in [0.5, 0.6) is 0 Å². The van der Waals surface area contributed by atoms with E-state index in [2.05, 4.69) is 25.0 Å². The van der Waals surface area contributed by atoms with Gasteiger partial charge in [0, 0.05) is 18.7 Å². The highest BCUT2D eigenvalue weighted by atomic mass is 32.2. The minimum atomic E-state index is -3.87. The zero-order valence-electron chi connectivity index (χ0n) is 16.9. The van der Waals surface area contributed by atoms with Gasteiger partial charge >= 0.3 is 0 Å². The molecule has 0 saturated carbocycles. The van der Waals surface area contributed by atoms with Crippen molar-refractivity contribution >= 4 is 26.6 Å². The fraction of sp³-hybridized carbons (Fsp3) is 0.250. The Kier molecular flexibility index (Phi) is 4.54. The van der Waals surface area contributed by atoms with Crippen molar-refractivity contribution in [3.8, 4) is 5.82 Å². The Morgan fingerprint density at radius 3 is 2.87 bits per heavy atom. The number of aryl methyl sites for hydroxylation is 1. The first-order chi connectivity index (χ1) is 14.9. The molecule has 0 atom stereocenters. The van der Waals surface area contributed by atoms with E-state index in [0.29, 0.717) is 30.4 Å². The number of rotatable bonds is 6. The number of nitrogens with one attached hydrogen (secondary N) is 2. The number of hydrogen-bond acceptors (Lipinski definition) is 7. The average Bonchev–Trinajstić information content (AvgIpc) is 3.36. The largest absolute Gasteiger partial charge is 0.375 e. The molecule has 1 aromatic carbocycles. The number of pyridine rings is 1. The van der Waals surface area contributed by atoms with Gasteiger partial charge in [-0.05, 0) is 36.8 Å². The molecule has 1 aliphatic heterocycles. The summed E-state index contributed by atoms with van der Waals surface area (Å²) in [6, 6.07) is 8.96. The molecule has 3 aromatic heterocycles. The van der Waals surface area contributed by atoms with Gasteiger partial charge in [-0.25, -0.2) is 18.1 Å². The van der Waals surface area contributed by atoms with Gasteiger partial charge in [0.1, 0.15) is 10.5 Å². The van der Waals surface area contributed by atoms with Crippen LogP contribution in [-0.4, -0.2) is 53.7 Å². The summed E-state index contributed by atoms with van der Waals surface area (Å²) in [6.45, 7) is 2.72. The van der Waals surface area contributed by atoms with Gasteiger partial charge < -0.3 is 9.47 Å². The van der Waals surface area contributed by atoms with Crippen molar-refractivity contribution in [1.29, 1.82) is 0 Å². The number of anilines is 1. The van der Waals surface area contributed by atoms with E-state index in [-0.39, 0.29) is 4.90 Å². The maximum absolute atomic E-state index is 13.0. The number of fused-ring (bicyclic) bond motifs is 1. The smallest absolute Gasteiger partial charge is 0.265 e. The molecular formula is C20H20N6O4S. The normalized spacial score (nSPS) is 15.7. The first kappa shape index (κ1) is 19.7. The molecule has 10 nitrogen and oxygen atoms in total. The summed E-state index contributed by atoms with van der Waals surface area (Å²) < 4.78 is 41.0. The highest BCUT2D eigenvalue weighted by Crippen LogP contribution is 2.33. The van der Waals surface area contributed by atoms with Crippen LogP contribution in [0.1, 0.15) is 11.3 Å². The van der Waals surface area contributed by atoms with Gasteiger partial charge in [-0.3, -0.25) is 9.82 Å². The van der Waals surface area contributed by atoms with Crippen LogP contribution in [-0.2, 0) is 25.1 Å². The van der Waals surface area contributed by atoms with Crippen LogP contribution in [0.15, 0.2) is 53.8 Å². The summed E-state index contributed by atoms with van der Waals surface area (Å²) in [5.74, 6) is 0.482. The summed E-state index contributed by atoms with van der Waals surface area (Å²) in [6.07, 6.45) is 4.35. The summed E-state index contributed by atoms with van der Waals surface area (Å²) in [5.41, 5.74) is 2.29. The molecule has 4 heterocycles. The lowest BCUT2D eigenvalue weighted by atomic mass is 9.92. The molecule has 11 heteroatoms. The van der Waals surface area contributed by atoms with Crippen molar-refractivity contribution in [1.82, 2.24) is 25.0 Å². The number of nitrogens with zero attached hydrogens (tertiary/aromatic N) is 4. The summed E-state index contributed by atoms with van der Waals surface area (Å²) in [5, 5.41) is 12.0. The molecule has 0 aliphatic carbocycles. The molecule has 31 heavy (non-hydrogen) atoms. The zero-order chi connectivity index (χ0) is 21.6. The van der Waals surface area contributed by atoms with E-state index in [1.807, 2.05) is 25.1 Å². The number of aromatic nitrogens is 5. The van der Waals surface area contributed by atoms with Gasteiger partial charge in [0.25, 0.3) is 10.0 Å². The lowest BCUT2D eigenvalue weighted by molar-refractivity contribution is -0.202. The van der Waals surface area contributed by atoms with Crippen LogP contribution in [0.2, 0.25) is 0 Å². The SMILES string of the molecule is COC1(c2ccnc(-n3cc(S(=O)(=O)Nc4cccc5[nH]nc(C)c45)cn3)c2)COC1. The van der Waals surface area contributed by atoms with Crippen LogP contribution in [0.25, 0.3) is 16.7 Å². The van der Waals surface area contributed by atoms with Crippen LogP contribution in [0.4, 0.5) is 5.69 Å². The Labute approximate surface area is 178 Å². The summed E-state index contributed by atoms with van der Waals surface area (Å²) >= 11 is 0. The van der Waals surface area contributed by atoms with Crippen LogP contribution >= 0.6 is 0 Å². The lowest BCUT2D eigenvalue weighted by Gasteiger charge is -2.40. The number of benzene rings is 1. The molecule has 0 radical (unpaired) electrons. The number of aromatic amines is 1. The summed E-state index contributed by atoms with van der Waals surface area (Å²) in [7, 11) is -2.24.